The van der Waals surface area contributed by atoms with Crippen molar-refractivity contribution in [2.24, 2.45) is 0 Å². The summed E-state index contributed by atoms with van der Waals surface area (Å²) in [5.41, 5.74) is 2.51. The molecule has 0 aliphatic heterocycles. The Hall–Kier alpha value is -3.89. The molecule has 0 bridgehead atoms. The molecule has 4 rings (SSSR count). The minimum atomic E-state index is -0.817. The summed E-state index contributed by atoms with van der Waals surface area (Å²) in [5.74, 6) is -0.143. The van der Waals surface area contributed by atoms with Crippen LogP contribution in [0.3, 0.4) is 0 Å². The molecular weight excluding hydrogens is 446 g/mol. The molecule has 2 N–H and O–H groups in total. The summed E-state index contributed by atoms with van der Waals surface area (Å²) in [6.45, 7) is 5.63. The van der Waals surface area contributed by atoms with Crippen molar-refractivity contribution < 1.29 is 14.6 Å². The van der Waals surface area contributed by atoms with E-state index in [4.69, 9.17) is 4.74 Å². The molecule has 0 fully saturated rings. The van der Waals surface area contributed by atoms with Crippen molar-refractivity contribution in [1.82, 2.24) is 5.32 Å². The van der Waals surface area contributed by atoms with Gasteiger partial charge in [-0.1, -0.05) is 103 Å². The average molecular weight is 480 g/mol. The second kappa shape index (κ2) is 10.8. The SMILES string of the molecule is CC(C)(C)OC(=O)C(Cc1ccc(O)cc1)NC(c1ccccc1)(c1ccccc1)c1ccccc1. The van der Waals surface area contributed by atoms with Gasteiger partial charge in [0.05, 0.1) is 5.54 Å². The van der Waals surface area contributed by atoms with Crippen molar-refractivity contribution in [3.8, 4) is 5.75 Å². The lowest BCUT2D eigenvalue weighted by Gasteiger charge is -2.40. The van der Waals surface area contributed by atoms with Crippen LogP contribution in [0.5, 0.6) is 5.75 Å². The molecule has 0 saturated heterocycles. The Morgan fingerprint density at radius 1 is 0.722 bits per heavy atom. The van der Waals surface area contributed by atoms with Crippen LogP contribution in [-0.2, 0) is 21.5 Å². The molecule has 36 heavy (non-hydrogen) atoms. The lowest BCUT2D eigenvalue weighted by Crippen LogP contribution is -2.54. The number of hydrogen-bond acceptors (Lipinski definition) is 4. The highest BCUT2D eigenvalue weighted by atomic mass is 16.6. The first kappa shape index (κ1) is 25.2. The van der Waals surface area contributed by atoms with Gasteiger partial charge in [0.2, 0.25) is 0 Å². The fraction of sp³-hybridized carbons (Fsp3) is 0.219. The summed E-state index contributed by atoms with van der Waals surface area (Å²) in [4.78, 5) is 13.7. The van der Waals surface area contributed by atoms with Gasteiger partial charge in [0.15, 0.2) is 0 Å². The molecule has 1 atom stereocenters. The maximum absolute atomic E-state index is 13.7. The zero-order valence-electron chi connectivity index (χ0n) is 21.0. The molecule has 0 heterocycles. The number of carbonyl (C=O) groups excluding carboxylic acids is 1. The normalized spacial score (nSPS) is 12.6. The largest absolute Gasteiger partial charge is 0.508 e. The molecule has 0 saturated carbocycles. The number of ether oxygens (including phenoxy) is 1. The first-order valence-corrected chi connectivity index (χ1v) is 12.2. The number of phenolic OH excluding ortho intramolecular Hbond substituents is 1. The molecule has 4 heteroatoms. The van der Waals surface area contributed by atoms with Gasteiger partial charge in [-0.2, -0.15) is 0 Å². The van der Waals surface area contributed by atoms with E-state index in [9.17, 15) is 9.90 Å². The van der Waals surface area contributed by atoms with Gasteiger partial charge in [0.1, 0.15) is 17.4 Å². The zero-order chi connectivity index (χ0) is 25.6. The Bertz CT molecular complexity index is 1150. The minimum Gasteiger partial charge on any atom is -0.508 e. The number of esters is 1. The van der Waals surface area contributed by atoms with Gasteiger partial charge in [-0.3, -0.25) is 10.1 Å². The van der Waals surface area contributed by atoms with Crippen LogP contribution in [0.25, 0.3) is 0 Å². The van der Waals surface area contributed by atoms with Gasteiger partial charge in [-0.15, -0.1) is 0 Å². The van der Waals surface area contributed by atoms with Crippen molar-refractivity contribution in [1.29, 1.82) is 0 Å². The third kappa shape index (κ3) is 5.84. The van der Waals surface area contributed by atoms with Gasteiger partial charge in [0, 0.05) is 0 Å². The van der Waals surface area contributed by atoms with Crippen molar-refractivity contribution >= 4 is 5.97 Å². The van der Waals surface area contributed by atoms with Crippen LogP contribution >= 0.6 is 0 Å². The van der Waals surface area contributed by atoms with Crippen LogP contribution in [0.2, 0.25) is 0 Å². The number of phenols is 1. The number of aromatic hydroxyl groups is 1. The second-order valence-corrected chi connectivity index (χ2v) is 9.95. The highest BCUT2D eigenvalue weighted by molar-refractivity contribution is 5.77. The summed E-state index contributed by atoms with van der Waals surface area (Å²) in [6.07, 6.45) is 0.392. The third-order valence-electron chi connectivity index (χ3n) is 6.08. The van der Waals surface area contributed by atoms with Crippen molar-refractivity contribution in [2.45, 2.75) is 44.4 Å². The van der Waals surface area contributed by atoms with Crippen molar-refractivity contribution in [3.05, 3.63) is 138 Å². The van der Waals surface area contributed by atoms with Gasteiger partial charge in [-0.25, -0.2) is 0 Å². The van der Waals surface area contributed by atoms with Crippen molar-refractivity contribution in [2.75, 3.05) is 0 Å². The van der Waals surface area contributed by atoms with Crippen LogP contribution < -0.4 is 5.32 Å². The number of carbonyl (C=O) groups is 1. The van der Waals surface area contributed by atoms with E-state index >= 15 is 0 Å². The van der Waals surface area contributed by atoms with Crippen LogP contribution in [0.4, 0.5) is 0 Å². The van der Waals surface area contributed by atoms with Crippen LogP contribution in [0, 0.1) is 0 Å². The lowest BCUT2D eigenvalue weighted by atomic mass is 9.76. The van der Waals surface area contributed by atoms with E-state index in [1.54, 1.807) is 12.1 Å². The predicted molar refractivity (Wildman–Crippen MR) is 144 cm³/mol. The summed E-state index contributed by atoms with van der Waals surface area (Å²) in [5, 5.41) is 13.5. The van der Waals surface area contributed by atoms with Crippen LogP contribution in [0.15, 0.2) is 115 Å². The Morgan fingerprint density at radius 2 is 1.14 bits per heavy atom. The molecule has 4 aromatic carbocycles. The number of rotatable bonds is 8. The molecule has 0 amide bonds. The molecular formula is C32H33NO3. The standard InChI is InChI=1S/C32H33NO3/c1-31(2,3)36-30(35)29(23-24-19-21-28(34)22-20-24)33-32(25-13-7-4-8-14-25,26-15-9-5-10-16-26)27-17-11-6-12-18-27/h4-22,29,33-34H,23H2,1-3H3. The quantitative estimate of drug-likeness (QED) is 0.232. The lowest BCUT2D eigenvalue weighted by molar-refractivity contribution is -0.157. The van der Waals surface area contributed by atoms with Crippen LogP contribution in [-0.4, -0.2) is 22.7 Å². The topological polar surface area (TPSA) is 58.6 Å². The Balaban J connectivity index is 1.89. The molecule has 4 nitrogen and oxygen atoms in total. The first-order valence-electron chi connectivity index (χ1n) is 12.2. The van der Waals surface area contributed by atoms with E-state index in [0.717, 1.165) is 22.3 Å². The molecule has 0 spiro atoms. The van der Waals surface area contributed by atoms with Gasteiger partial charge < -0.3 is 9.84 Å². The van der Waals surface area contributed by atoms with Crippen molar-refractivity contribution in [3.63, 3.8) is 0 Å². The first-order chi connectivity index (χ1) is 17.3. The smallest absolute Gasteiger partial charge is 0.324 e. The molecule has 4 aromatic rings. The summed E-state index contributed by atoms with van der Waals surface area (Å²) in [6, 6.07) is 36.8. The monoisotopic (exact) mass is 479 g/mol. The summed E-state index contributed by atoms with van der Waals surface area (Å²) >= 11 is 0. The Kier molecular flexibility index (Phi) is 7.56. The maximum Gasteiger partial charge on any atom is 0.324 e. The van der Waals surface area contributed by atoms with Crippen LogP contribution in [0.1, 0.15) is 43.0 Å². The van der Waals surface area contributed by atoms with E-state index < -0.39 is 17.2 Å². The highest BCUT2D eigenvalue weighted by Crippen LogP contribution is 2.37. The van der Waals surface area contributed by atoms with E-state index in [2.05, 4.69) is 41.7 Å². The molecule has 0 aromatic heterocycles. The third-order valence-corrected chi connectivity index (χ3v) is 6.08. The predicted octanol–water partition coefficient (Wildman–Crippen LogP) is 6.23. The summed E-state index contributed by atoms with van der Waals surface area (Å²) in [7, 11) is 0. The molecule has 184 valence electrons. The molecule has 0 aliphatic carbocycles. The number of benzene rings is 4. The summed E-state index contributed by atoms with van der Waals surface area (Å²) < 4.78 is 5.90. The van der Waals surface area contributed by atoms with E-state index in [1.807, 2.05) is 87.5 Å². The maximum atomic E-state index is 13.7. The molecule has 0 aliphatic rings. The van der Waals surface area contributed by atoms with E-state index in [0.29, 0.717) is 6.42 Å². The zero-order valence-corrected chi connectivity index (χ0v) is 21.0. The van der Waals surface area contributed by atoms with E-state index in [-0.39, 0.29) is 11.7 Å². The van der Waals surface area contributed by atoms with Gasteiger partial charge in [-0.05, 0) is 61.6 Å². The molecule has 0 radical (unpaired) electrons. The Morgan fingerprint density at radius 3 is 1.53 bits per heavy atom. The average Bonchev–Trinajstić information content (AvgIpc) is 2.88. The fourth-order valence-electron chi connectivity index (χ4n) is 4.51. The fourth-order valence-corrected chi connectivity index (χ4v) is 4.51. The minimum absolute atomic E-state index is 0.188. The van der Waals surface area contributed by atoms with E-state index in [1.165, 1.54) is 0 Å². The number of hydrogen-bond donors (Lipinski definition) is 2. The van der Waals surface area contributed by atoms with Gasteiger partial charge >= 0.3 is 5.97 Å². The number of nitrogens with one attached hydrogen (secondary N) is 1. The Labute approximate surface area is 213 Å². The van der Waals surface area contributed by atoms with Gasteiger partial charge in [0.25, 0.3) is 0 Å². The second-order valence-electron chi connectivity index (χ2n) is 9.95. The highest BCUT2D eigenvalue weighted by Gasteiger charge is 2.40. The molecule has 1 unspecified atom stereocenters.